The van der Waals surface area contributed by atoms with Gasteiger partial charge in [0, 0.05) is 12.8 Å². The molecular weight excluding hydrogens is 1040 g/mol. The Kier molecular flexibility index (Phi) is 72.9. The third kappa shape index (κ3) is 71.0. The Morgan fingerprint density at radius 2 is 0.588 bits per heavy atom. The number of amides is 1. The molecule has 0 saturated heterocycles. The second kappa shape index (κ2) is 74.5. The zero-order valence-electron chi connectivity index (χ0n) is 57.6. The number of hydrogen-bond acceptors (Lipinski definition) is 5. The van der Waals surface area contributed by atoms with E-state index in [4.69, 9.17) is 4.74 Å². The molecule has 0 heterocycles. The fraction of sp³-hybridized carbons (Fsp3) is 0.899. The van der Waals surface area contributed by atoms with Crippen molar-refractivity contribution in [2.24, 2.45) is 0 Å². The van der Waals surface area contributed by atoms with Crippen LogP contribution in [0.1, 0.15) is 431 Å². The van der Waals surface area contributed by atoms with Gasteiger partial charge in [-0.15, -0.1) is 0 Å². The highest BCUT2D eigenvalue weighted by Crippen LogP contribution is 2.19. The summed E-state index contributed by atoms with van der Waals surface area (Å²) >= 11 is 0. The van der Waals surface area contributed by atoms with Crippen LogP contribution in [0.2, 0.25) is 0 Å². The normalized spacial score (nSPS) is 12.7. The first-order chi connectivity index (χ1) is 42.0. The van der Waals surface area contributed by atoms with Crippen molar-refractivity contribution in [3.05, 3.63) is 36.5 Å². The van der Waals surface area contributed by atoms with E-state index < -0.39 is 12.1 Å². The Hall–Kier alpha value is -1.92. The summed E-state index contributed by atoms with van der Waals surface area (Å²) in [6, 6.07) is -0.539. The van der Waals surface area contributed by atoms with Gasteiger partial charge in [0.05, 0.1) is 25.4 Å². The first-order valence-corrected chi connectivity index (χ1v) is 38.7. The molecule has 0 aliphatic rings. The molecule has 0 rings (SSSR count). The minimum atomic E-state index is -0.662. The van der Waals surface area contributed by atoms with Crippen LogP contribution in [0.15, 0.2) is 36.5 Å². The minimum Gasteiger partial charge on any atom is -0.466 e. The Morgan fingerprint density at radius 1 is 0.329 bits per heavy atom. The van der Waals surface area contributed by atoms with Crippen molar-refractivity contribution < 1.29 is 24.5 Å². The van der Waals surface area contributed by atoms with E-state index in [1.165, 1.54) is 347 Å². The summed E-state index contributed by atoms with van der Waals surface area (Å²) in [5.74, 6) is -0.0136. The van der Waals surface area contributed by atoms with Crippen LogP contribution in [-0.2, 0) is 14.3 Å². The fourth-order valence-electron chi connectivity index (χ4n) is 12.3. The Labute approximate surface area is 532 Å². The number of unbranched alkanes of at least 4 members (excludes halogenated alkanes) is 56. The van der Waals surface area contributed by atoms with E-state index in [0.717, 1.165) is 51.4 Å². The summed E-state index contributed by atoms with van der Waals surface area (Å²) in [4.78, 5) is 24.6. The summed E-state index contributed by atoms with van der Waals surface area (Å²) in [7, 11) is 0. The van der Waals surface area contributed by atoms with Gasteiger partial charge < -0.3 is 20.3 Å². The van der Waals surface area contributed by atoms with Crippen molar-refractivity contribution in [3.8, 4) is 0 Å². The molecule has 0 aromatic carbocycles. The summed E-state index contributed by atoms with van der Waals surface area (Å²) in [6.07, 6.45) is 96.6. The molecule has 0 fully saturated rings. The summed E-state index contributed by atoms with van der Waals surface area (Å²) < 4.78 is 5.51. The molecular formula is C79H151NO5. The standard InChI is InChI=1S/C79H151NO5/c1-3-5-7-9-11-13-15-17-19-41-45-49-53-57-61-65-69-73-79(84)85-74-70-66-62-58-54-50-46-43-40-38-36-34-32-30-28-26-24-22-20-21-23-25-27-29-31-33-35-37-39-42-44-48-52-56-60-64-68-72-78(83)80-76(75-81)77(82)71-67-63-59-55-51-47-18-16-14-12-10-8-6-4-2/h17,19-20,22,26,28,76-77,81-82H,3-16,18,21,23-25,27,29-75H2,1-2H3,(H,80,83)/b19-17-,22-20-,28-26-. The number of aliphatic hydroxyl groups excluding tert-OH is 2. The number of nitrogens with one attached hydrogen (secondary N) is 1. The fourth-order valence-corrected chi connectivity index (χ4v) is 12.3. The molecule has 0 aromatic heterocycles. The Morgan fingerprint density at radius 3 is 0.906 bits per heavy atom. The molecule has 0 spiro atoms. The molecule has 0 aromatic rings. The molecule has 1 amide bonds. The topological polar surface area (TPSA) is 95.9 Å². The minimum absolute atomic E-state index is 0.0160. The lowest BCUT2D eigenvalue weighted by molar-refractivity contribution is -0.143. The number of aliphatic hydroxyl groups is 2. The molecule has 0 bridgehead atoms. The maximum Gasteiger partial charge on any atom is 0.305 e. The summed E-state index contributed by atoms with van der Waals surface area (Å²) in [5, 5.41) is 23.3. The van der Waals surface area contributed by atoms with Gasteiger partial charge in [0.1, 0.15) is 0 Å². The number of carbonyl (C=O) groups excluding carboxylic acids is 2. The number of hydrogen-bond donors (Lipinski definition) is 3. The number of allylic oxidation sites excluding steroid dienone is 6. The van der Waals surface area contributed by atoms with Crippen molar-refractivity contribution in [2.45, 2.75) is 443 Å². The SMILES string of the molecule is CCCCCCCC/C=C\CCCCCCCCCC(=O)OCCCCCCCCCCCCCCC/C=C\C/C=C\CCCCCCCCCCCCCCCCCCCC(=O)NC(CO)C(O)CCCCCCCCCCCCCCCC. The molecule has 85 heavy (non-hydrogen) atoms. The van der Waals surface area contributed by atoms with Crippen LogP contribution in [0.5, 0.6) is 0 Å². The molecule has 0 aliphatic heterocycles. The summed E-state index contributed by atoms with van der Waals surface area (Å²) in [6.45, 7) is 4.98. The lowest BCUT2D eigenvalue weighted by atomic mass is 10.0. The van der Waals surface area contributed by atoms with E-state index in [2.05, 4.69) is 55.6 Å². The molecule has 0 saturated carbocycles. The largest absolute Gasteiger partial charge is 0.466 e. The second-order valence-corrected chi connectivity index (χ2v) is 26.7. The Bertz CT molecular complexity index is 1380. The zero-order chi connectivity index (χ0) is 61.3. The van der Waals surface area contributed by atoms with Crippen LogP contribution in [0.3, 0.4) is 0 Å². The molecule has 6 nitrogen and oxygen atoms in total. The van der Waals surface area contributed by atoms with Gasteiger partial charge in [-0.05, 0) is 83.5 Å². The van der Waals surface area contributed by atoms with Gasteiger partial charge in [0.25, 0.3) is 0 Å². The monoisotopic (exact) mass is 1190 g/mol. The van der Waals surface area contributed by atoms with Gasteiger partial charge >= 0.3 is 5.97 Å². The maximum absolute atomic E-state index is 12.5. The van der Waals surface area contributed by atoms with Gasteiger partial charge in [0.2, 0.25) is 5.91 Å². The average molecular weight is 1200 g/mol. The van der Waals surface area contributed by atoms with Crippen molar-refractivity contribution in [1.82, 2.24) is 5.32 Å². The van der Waals surface area contributed by atoms with Gasteiger partial charge in [-0.25, -0.2) is 0 Å². The predicted octanol–water partition coefficient (Wildman–Crippen LogP) is 25.4. The van der Waals surface area contributed by atoms with Crippen molar-refractivity contribution >= 4 is 11.9 Å². The average Bonchev–Trinajstić information content (AvgIpc) is 3.52. The van der Waals surface area contributed by atoms with Crippen LogP contribution >= 0.6 is 0 Å². The van der Waals surface area contributed by atoms with Crippen molar-refractivity contribution in [1.29, 1.82) is 0 Å². The second-order valence-electron chi connectivity index (χ2n) is 26.7. The van der Waals surface area contributed by atoms with Crippen LogP contribution in [-0.4, -0.2) is 47.4 Å². The molecule has 3 N–H and O–H groups in total. The highest BCUT2D eigenvalue weighted by atomic mass is 16.5. The first-order valence-electron chi connectivity index (χ1n) is 38.7. The number of rotatable bonds is 73. The molecule has 6 heteroatoms. The first kappa shape index (κ1) is 83.1. The highest BCUT2D eigenvalue weighted by molar-refractivity contribution is 5.76. The highest BCUT2D eigenvalue weighted by Gasteiger charge is 2.20. The smallest absolute Gasteiger partial charge is 0.305 e. The van der Waals surface area contributed by atoms with E-state index in [1.807, 2.05) is 0 Å². The molecule has 502 valence electrons. The van der Waals surface area contributed by atoms with Crippen LogP contribution in [0.4, 0.5) is 0 Å². The quantitative estimate of drug-likeness (QED) is 0.0320. The van der Waals surface area contributed by atoms with E-state index in [9.17, 15) is 19.8 Å². The Balaban J connectivity index is 3.34. The van der Waals surface area contributed by atoms with E-state index in [1.54, 1.807) is 0 Å². The zero-order valence-corrected chi connectivity index (χ0v) is 57.6. The van der Waals surface area contributed by atoms with Crippen molar-refractivity contribution in [2.75, 3.05) is 13.2 Å². The number of carbonyl (C=O) groups is 2. The molecule has 0 radical (unpaired) electrons. The number of esters is 1. The molecule has 0 aliphatic carbocycles. The van der Waals surface area contributed by atoms with E-state index in [-0.39, 0.29) is 18.5 Å². The van der Waals surface area contributed by atoms with E-state index >= 15 is 0 Å². The number of ether oxygens (including phenoxy) is 1. The van der Waals surface area contributed by atoms with Gasteiger partial charge in [-0.1, -0.05) is 371 Å². The molecule has 2 unspecified atom stereocenters. The predicted molar refractivity (Wildman–Crippen MR) is 375 cm³/mol. The van der Waals surface area contributed by atoms with Gasteiger partial charge in [0.15, 0.2) is 0 Å². The van der Waals surface area contributed by atoms with Gasteiger partial charge in [-0.2, -0.15) is 0 Å². The third-order valence-corrected chi connectivity index (χ3v) is 18.2. The molecule has 2 atom stereocenters. The van der Waals surface area contributed by atoms with Crippen LogP contribution in [0.25, 0.3) is 0 Å². The lowest BCUT2D eigenvalue weighted by Crippen LogP contribution is -2.45. The lowest BCUT2D eigenvalue weighted by Gasteiger charge is -2.22. The summed E-state index contributed by atoms with van der Waals surface area (Å²) in [5.41, 5.74) is 0. The van der Waals surface area contributed by atoms with Gasteiger partial charge in [-0.3, -0.25) is 9.59 Å². The van der Waals surface area contributed by atoms with Crippen molar-refractivity contribution in [3.63, 3.8) is 0 Å². The van der Waals surface area contributed by atoms with Crippen LogP contribution < -0.4 is 5.32 Å². The van der Waals surface area contributed by atoms with Crippen LogP contribution in [0, 0.1) is 0 Å². The maximum atomic E-state index is 12.5. The van der Waals surface area contributed by atoms with E-state index in [0.29, 0.717) is 25.9 Å². The third-order valence-electron chi connectivity index (χ3n) is 18.2.